The summed E-state index contributed by atoms with van der Waals surface area (Å²) in [4.78, 5) is 13.1. The molecule has 2 aromatic carbocycles. The van der Waals surface area contributed by atoms with E-state index in [-0.39, 0.29) is 5.91 Å². The molecule has 0 bridgehead atoms. The van der Waals surface area contributed by atoms with Gasteiger partial charge in [-0.05, 0) is 41.8 Å². The lowest BCUT2D eigenvalue weighted by atomic mass is 9.99. The SMILES string of the molecule is Cc1cc(OCc2ccccc2)c(C(=O)Nc2ccnnc2)cc1-c1cnn(C)c1. The maximum atomic E-state index is 13.1. The average Bonchev–Trinajstić information content (AvgIpc) is 3.19. The molecule has 0 fully saturated rings. The Kier molecular flexibility index (Phi) is 5.52. The maximum Gasteiger partial charge on any atom is 0.259 e. The molecule has 7 heteroatoms. The fourth-order valence-electron chi connectivity index (χ4n) is 3.15. The molecule has 4 rings (SSSR count). The molecule has 0 atom stereocenters. The molecule has 1 amide bonds. The molecular weight excluding hydrogens is 378 g/mol. The fraction of sp³-hybridized carbons (Fsp3) is 0.130. The van der Waals surface area contributed by atoms with Crippen molar-refractivity contribution < 1.29 is 9.53 Å². The Morgan fingerprint density at radius 1 is 1.10 bits per heavy atom. The summed E-state index contributed by atoms with van der Waals surface area (Å²) in [6.45, 7) is 2.36. The summed E-state index contributed by atoms with van der Waals surface area (Å²) in [5.41, 5.74) is 4.88. The molecule has 4 aromatic rings. The van der Waals surface area contributed by atoms with Crippen LogP contribution in [-0.2, 0) is 13.7 Å². The highest BCUT2D eigenvalue weighted by Gasteiger charge is 2.18. The van der Waals surface area contributed by atoms with Gasteiger partial charge in [-0.2, -0.15) is 15.3 Å². The largest absolute Gasteiger partial charge is 0.488 e. The van der Waals surface area contributed by atoms with Crippen molar-refractivity contribution in [3.05, 3.63) is 90.0 Å². The van der Waals surface area contributed by atoms with Crippen molar-refractivity contribution in [2.45, 2.75) is 13.5 Å². The van der Waals surface area contributed by atoms with Gasteiger partial charge in [-0.3, -0.25) is 9.48 Å². The zero-order valence-corrected chi connectivity index (χ0v) is 16.7. The highest BCUT2D eigenvalue weighted by Crippen LogP contribution is 2.31. The lowest BCUT2D eigenvalue weighted by molar-refractivity contribution is 0.102. The van der Waals surface area contributed by atoms with E-state index in [0.29, 0.717) is 23.6 Å². The molecular formula is C23H21N5O2. The highest BCUT2D eigenvalue weighted by atomic mass is 16.5. The number of nitrogens with one attached hydrogen (secondary N) is 1. The first-order valence-corrected chi connectivity index (χ1v) is 9.48. The zero-order chi connectivity index (χ0) is 20.9. The van der Waals surface area contributed by atoms with Gasteiger partial charge in [0.05, 0.1) is 29.8 Å². The number of aromatic nitrogens is 4. The van der Waals surface area contributed by atoms with Gasteiger partial charge in [-0.15, -0.1) is 0 Å². The average molecular weight is 399 g/mol. The van der Waals surface area contributed by atoms with Crippen molar-refractivity contribution in [1.82, 2.24) is 20.0 Å². The summed E-state index contributed by atoms with van der Waals surface area (Å²) >= 11 is 0. The van der Waals surface area contributed by atoms with Gasteiger partial charge in [0.2, 0.25) is 0 Å². The molecule has 0 aliphatic rings. The van der Waals surface area contributed by atoms with E-state index in [0.717, 1.165) is 22.3 Å². The molecule has 150 valence electrons. The molecule has 0 aliphatic carbocycles. The van der Waals surface area contributed by atoms with Crippen LogP contribution in [0, 0.1) is 6.92 Å². The predicted octanol–water partition coefficient (Wildman–Crippen LogP) is 4.02. The first kappa shape index (κ1) is 19.3. The summed E-state index contributed by atoms with van der Waals surface area (Å²) < 4.78 is 7.78. The lowest BCUT2D eigenvalue weighted by Crippen LogP contribution is -2.14. The number of nitrogens with zero attached hydrogens (tertiary/aromatic N) is 4. The van der Waals surface area contributed by atoms with Crippen LogP contribution in [-0.4, -0.2) is 25.9 Å². The summed E-state index contributed by atoms with van der Waals surface area (Å²) in [6, 6.07) is 15.3. The van der Waals surface area contributed by atoms with E-state index in [1.165, 1.54) is 12.4 Å². The van der Waals surface area contributed by atoms with Gasteiger partial charge in [0.25, 0.3) is 5.91 Å². The van der Waals surface area contributed by atoms with Crippen LogP contribution in [0.5, 0.6) is 5.75 Å². The smallest absolute Gasteiger partial charge is 0.259 e. The number of carbonyl (C=O) groups is 1. The van der Waals surface area contributed by atoms with E-state index in [1.807, 2.05) is 62.6 Å². The van der Waals surface area contributed by atoms with E-state index < -0.39 is 0 Å². The van der Waals surface area contributed by atoms with Gasteiger partial charge in [-0.1, -0.05) is 30.3 Å². The molecule has 0 spiro atoms. The third-order valence-corrected chi connectivity index (χ3v) is 4.67. The number of hydrogen-bond acceptors (Lipinski definition) is 5. The molecule has 2 aromatic heterocycles. The van der Waals surface area contributed by atoms with Crippen LogP contribution in [0.1, 0.15) is 21.5 Å². The lowest BCUT2D eigenvalue weighted by Gasteiger charge is -2.15. The van der Waals surface area contributed by atoms with Crippen molar-refractivity contribution in [1.29, 1.82) is 0 Å². The third-order valence-electron chi connectivity index (χ3n) is 4.67. The molecule has 0 unspecified atom stereocenters. The quantitative estimate of drug-likeness (QED) is 0.530. The number of rotatable bonds is 6. The number of hydrogen-bond donors (Lipinski definition) is 1. The Morgan fingerprint density at radius 3 is 2.63 bits per heavy atom. The molecule has 30 heavy (non-hydrogen) atoms. The molecule has 0 aliphatic heterocycles. The second-order valence-corrected chi connectivity index (χ2v) is 6.93. The topological polar surface area (TPSA) is 81.9 Å². The molecule has 0 saturated carbocycles. The van der Waals surface area contributed by atoms with E-state index in [1.54, 1.807) is 16.9 Å². The van der Waals surface area contributed by atoms with Crippen molar-refractivity contribution in [2.24, 2.45) is 7.05 Å². The first-order chi connectivity index (χ1) is 14.6. The summed E-state index contributed by atoms with van der Waals surface area (Å²) in [6.07, 6.45) is 6.72. The maximum absolute atomic E-state index is 13.1. The van der Waals surface area contributed by atoms with Crippen LogP contribution < -0.4 is 10.1 Å². The number of ether oxygens (including phenoxy) is 1. The van der Waals surface area contributed by atoms with E-state index in [2.05, 4.69) is 20.6 Å². The van der Waals surface area contributed by atoms with Crippen molar-refractivity contribution in [3.63, 3.8) is 0 Å². The number of benzene rings is 2. The normalized spacial score (nSPS) is 10.6. The van der Waals surface area contributed by atoms with E-state index in [4.69, 9.17) is 4.74 Å². The van der Waals surface area contributed by atoms with Crippen LogP contribution >= 0.6 is 0 Å². The predicted molar refractivity (Wildman–Crippen MR) is 114 cm³/mol. The van der Waals surface area contributed by atoms with Crippen LogP contribution in [0.2, 0.25) is 0 Å². The number of anilines is 1. The van der Waals surface area contributed by atoms with Gasteiger partial charge >= 0.3 is 0 Å². The number of carbonyl (C=O) groups excluding carboxylic acids is 1. The number of aryl methyl sites for hydroxylation is 2. The van der Waals surface area contributed by atoms with Crippen molar-refractivity contribution >= 4 is 11.6 Å². The van der Waals surface area contributed by atoms with Gasteiger partial charge in [0.15, 0.2) is 0 Å². The molecule has 0 radical (unpaired) electrons. The van der Waals surface area contributed by atoms with Gasteiger partial charge in [-0.25, -0.2) is 0 Å². The second kappa shape index (κ2) is 8.57. The molecule has 2 heterocycles. The van der Waals surface area contributed by atoms with Crippen LogP contribution in [0.25, 0.3) is 11.1 Å². The molecule has 7 nitrogen and oxygen atoms in total. The Labute approximate surface area is 174 Å². The monoisotopic (exact) mass is 399 g/mol. The second-order valence-electron chi connectivity index (χ2n) is 6.93. The minimum atomic E-state index is -0.281. The van der Waals surface area contributed by atoms with Crippen molar-refractivity contribution in [3.8, 4) is 16.9 Å². The first-order valence-electron chi connectivity index (χ1n) is 9.48. The van der Waals surface area contributed by atoms with Gasteiger partial charge in [0, 0.05) is 18.8 Å². The third kappa shape index (κ3) is 4.35. The Balaban J connectivity index is 1.69. The summed E-state index contributed by atoms with van der Waals surface area (Å²) in [5, 5.41) is 14.6. The Hall–Kier alpha value is -4.00. The standard InChI is InChI=1S/C23H21N5O2/c1-16-10-22(30-15-17-6-4-3-5-7-17)21(11-20(16)18-12-26-28(2)14-18)23(29)27-19-8-9-24-25-13-19/h3-14H,15H2,1-2H3,(H,24,27,29). The van der Waals surface area contributed by atoms with Gasteiger partial charge < -0.3 is 10.1 Å². The molecule has 1 N–H and O–H groups in total. The summed E-state index contributed by atoms with van der Waals surface area (Å²) in [7, 11) is 1.86. The fourth-order valence-corrected chi connectivity index (χ4v) is 3.15. The Morgan fingerprint density at radius 2 is 1.93 bits per heavy atom. The molecule has 0 saturated heterocycles. The van der Waals surface area contributed by atoms with Crippen LogP contribution in [0.15, 0.2) is 73.3 Å². The van der Waals surface area contributed by atoms with E-state index >= 15 is 0 Å². The minimum Gasteiger partial charge on any atom is -0.488 e. The van der Waals surface area contributed by atoms with Gasteiger partial charge in [0.1, 0.15) is 12.4 Å². The van der Waals surface area contributed by atoms with E-state index in [9.17, 15) is 4.79 Å². The van der Waals surface area contributed by atoms with Crippen molar-refractivity contribution in [2.75, 3.05) is 5.32 Å². The summed E-state index contributed by atoms with van der Waals surface area (Å²) in [5.74, 6) is 0.236. The zero-order valence-electron chi connectivity index (χ0n) is 16.7. The van der Waals surface area contributed by atoms with Crippen LogP contribution in [0.4, 0.5) is 5.69 Å². The van der Waals surface area contributed by atoms with Crippen LogP contribution in [0.3, 0.4) is 0 Å². The highest BCUT2D eigenvalue weighted by molar-refractivity contribution is 6.07. The Bertz CT molecular complexity index is 1160. The number of amides is 1. The minimum absolute atomic E-state index is 0.281.